The predicted molar refractivity (Wildman–Crippen MR) is 77.9 cm³/mol. The van der Waals surface area contributed by atoms with Crippen molar-refractivity contribution in [1.29, 1.82) is 0 Å². The van der Waals surface area contributed by atoms with Gasteiger partial charge in [-0.15, -0.1) is 0 Å². The maximum absolute atomic E-state index is 12.0. The summed E-state index contributed by atoms with van der Waals surface area (Å²) >= 11 is 3.42. The van der Waals surface area contributed by atoms with Gasteiger partial charge in [0.25, 0.3) is 0 Å². The molecule has 0 radical (unpaired) electrons. The number of nitrogens with one attached hydrogen (secondary N) is 1. The Morgan fingerprint density at radius 3 is 2.74 bits per heavy atom. The van der Waals surface area contributed by atoms with Crippen molar-refractivity contribution in [2.45, 2.75) is 6.92 Å². The molecule has 1 aromatic carbocycles. The highest BCUT2D eigenvalue weighted by atomic mass is 79.9. The fourth-order valence-electron chi connectivity index (χ4n) is 2.36. The summed E-state index contributed by atoms with van der Waals surface area (Å²) in [5, 5.41) is 0.948. The first kappa shape index (κ1) is 12.1. The first-order valence-corrected chi connectivity index (χ1v) is 6.62. The zero-order chi connectivity index (χ0) is 13.6. The molecule has 94 valence electrons. The number of aromatic amines is 1. The molecule has 19 heavy (non-hydrogen) atoms. The van der Waals surface area contributed by atoms with Gasteiger partial charge in [0.15, 0.2) is 11.6 Å². The largest absolute Gasteiger partial charge is 0.358 e. The van der Waals surface area contributed by atoms with E-state index >= 15 is 0 Å². The number of H-pyrrole nitrogens is 1. The van der Waals surface area contributed by atoms with Gasteiger partial charge in [-0.05, 0) is 37.3 Å². The number of benzene rings is 1. The molecule has 3 rings (SSSR count). The van der Waals surface area contributed by atoms with E-state index in [-0.39, 0.29) is 11.6 Å². The van der Waals surface area contributed by atoms with Gasteiger partial charge in [-0.2, -0.15) is 0 Å². The van der Waals surface area contributed by atoms with Crippen LogP contribution >= 0.6 is 15.9 Å². The Morgan fingerprint density at radius 1 is 1.16 bits per heavy atom. The van der Waals surface area contributed by atoms with E-state index in [2.05, 4.69) is 20.9 Å². The van der Waals surface area contributed by atoms with Gasteiger partial charge in [0.1, 0.15) is 0 Å². The van der Waals surface area contributed by atoms with E-state index in [1.807, 2.05) is 25.1 Å². The molecule has 0 saturated carbocycles. The molecule has 1 aromatic heterocycles. The van der Waals surface area contributed by atoms with Gasteiger partial charge < -0.3 is 4.98 Å². The summed E-state index contributed by atoms with van der Waals surface area (Å²) in [6, 6.07) is 5.82. The molecule has 0 bridgehead atoms. The van der Waals surface area contributed by atoms with Gasteiger partial charge in [-0.1, -0.05) is 22.0 Å². The third-order valence-electron chi connectivity index (χ3n) is 3.17. The molecule has 0 saturated heterocycles. The lowest BCUT2D eigenvalue weighted by Gasteiger charge is -2.07. The van der Waals surface area contributed by atoms with Crippen LogP contribution in [0.3, 0.4) is 0 Å². The Labute approximate surface area is 118 Å². The maximum Gasteiger partial charge on any atom is 0.186 e. The zero-order valence-corrected chi connectivity index (χ0v) is 11.7. The molecular weight excluding hydrogens is 306 g/mol. The molecule has 1 heterocycles. The number of carbonyl (C=O) groups excluding carboxylic acids is 2. The molecule has 3 nitrogen and oxygen atoms in total. The molecule has 0 unspecified atom stereocenters. The molecule has 0 amide bonds. The highest BCUT2D eigenvalue weighted by molar-refractivity contribution is 9.10. The minimum Gasteiger partial charge on any atom is -0.358 e. The van der Waals surface area contributed by atoms with Crippen LogP contribution in [0.25, 0.3) is 16.5 Å². The van der Waals surface area contributed by atoms with Crippen LogP contribution < -0.4 is 0 Å². The summed E-state index contributed by atoms with van der Waals surface area (Å²) in [5.41, 5.74) is 3.09. The molecule has 4 heteroatoms. The van der Waals surface area contributed by atoms with E-state index < -0.39 is 0 Å². The van der Waals surface area contributed by atoms with Crippen LogP contribution in [0.4, 0.5) is 0 Å². The number of rotatable bonds is 1. The fraction of sp³-hybridized carbons (Fsp3) is 0.0667. The molecule has 0 atom stereocenters. The quantitative estimate of drug-likeness (QED) is 0.821. The number of halogens is 1. The number of carbonyl (C=O) groups is 2. The van der Waals surface area contributed by atoms with Gasteiger partial charge in [0, 0.05) is 32.2 Å². The van der Waals surface area contributed by atoms with Crippen LogP contribution in [-0.4, -0.2) is 16.6 Å². The predicted octanol–water partition coefficient (Wildman–Crippen LogP) is 3.33. The van der Waals surface area contributed by atoms with Crippen molar-refractivity contribution >= 4 is 44.0 Å². The van der Waals surface area contributed by atoms with Crippen molar-refractivity contribution in [3.63, 3.8) is 0 Å². The molecule has 0 fully saturated rings. The van der Waals surface area contributed by atoms with Crippen LogP contribution in [0.1, 0.15) is 11.3 Å². The van der Waals surface area contributed by atoms with E-state index in [4.69, 9.17) is 0 Å². The Balaban J connectivity index is 2.28. The topological polar surface area (TPSA) is 49.9 Å². The van der Waals surface area contributed by atoms with Crippen molar-refractivity contribution in [3.8, 4) is 0 Å². The fourth-order valence-corrected chi connectivity index (χ4v) is 2.72. The summed E-state index contributed by atoms with van der Waals surface area (Å²) in [6.07, 6.45) is 4.03. The van der Waals surface area contributed by atoms with E-state index in [0.29, 0.717) is 5.57 Å². The average molecular weight is 316 g/mol. The first-order chi connectivity index (χ1) is 9.06. The standard InChI is InChI=1S/C15H10BrNO2/c1-8-15(12-7-10(18)3-5-14(12)19)11-4-2-9(16)6-13(11)17-8/h2-7,17H,1H3. The number of aryl methyl sites for hydroxylation is 1. The summed E-state index contributed by atoms with van der Waals surface area (Å²) in [7, 11) is 0. The molecule has 1 aliphatic rings. The first-order valence-electron chi connectivity index (χ1n) is 5.82. The highest BCUT2D eigenvalue weighted by Crippen LogP contribution is 2.32. The Hall–Kier alpha value is -1.94. The van der Waals surface area contributed by atoms with Crippen LogP contribution in [0.5, 0.6) is 0 Å². The molecule has 1 N–H and O–H groups in total. The van der Waals surface area contributed by atoms with Gasteiger partial charge in [0.2, 0.25) is 0 Å². The van der Waals surface area contributed by atoms with Crippen molar-refractivity contribution in [3.05, 3.63) is 52.2 Å². The number of hydrogen-bond acceptors (Lipinski definition) is 2. The Morgan fingerprint density at radius 2 is 1.95 bits per heavy atom. The second kappa shape index (κ2) is 4.31. The smallest absolute Gasteiger partial charge is 0.186 e. The zero-order valence-electron chi connectivity index (χ0n) is 10.2. The van der Waals surface area contributed by atoms with Crippen molar-refractivity contribution < 1.29 is 9.59 Å². The van der Waals surface area contributed by atoms with Gasteiger partial charge in [0.05, 0.1) is 0 Å². The number of aromatic nitrogens is 1. The number of ketones is 2. The second-order valence-corrected chi connectivity index (χ2v) is 5.39. The Kier molecular flexibility index (Phi) is 2.75. The van der Waals surface area contributed by atoms with Gasteiger partial charge in [-0.3, -0.25) is 9.59 Å². The SMILES string of the molecule is Cc1[nH]c2cc(Br)ccc2c1C1=CC(=O)C=CC1=O. The third kappa shape index (κ3) is 1.98. The van der Waals surface area contributed by atoms with E-state index in [0.717, 1.165) is 26.6 Å². The average Bonchev–Trinajstić information content (AvgIpc) is 2.67. The molecular formula is C15H10BrNO2. The molecule has 0 aliphatic heterocycles. The van der Waals surface area contributed by atoms with Crippen LogP contribution in [0.15, 0.2) is 40.9 Å². The van der Waals surface area contributed by atoms with Crippen molar-refractivity contribution in [2.75, 3.05) is 0 Å². The summed E-state index contributed by atoms with van der Waals surface area (Å²) in [4.78, 5) is 26.7. The van der Waals surface area contributed by atoms with Gasteiger partial charge in [-0.25, -0.2) is 0 Å². The maximum atomic E-state index is 12.0. The number of hydrogen-bond donors (Lipinski definition) is 1. The molecule has 1 aliphatic carbocycles. The number of allylic oxidation sites excluding steroid dienone is 4. The van der Waals surface area contributed by atoms with Gasteiger partial charge >= 0.3 is 0 Å². The lowest BCUT2D eigenvalue weighted by molar-refractivity contribution is -0.113. The van der Waals surface area contributed by atoms with E-state index in [9.17, 15) is 9.59 Å². The third-order valence-corrected chi connectivity index (χ3v) is 3.66. The lowest BCUT2D eigenvalue weighted by atomic mass is 9.94. The van der Waals surface area contributed by atoms with Crippen LogP contribution in [0.2, 0.25) is 0 Å². The summed E-state index contributed by atoms with van der Waals surface area (Å²) in [6.45, 7) is 1.90. The minimum absolute atomic E-state index is 0.133. The normalized spacial score (nSPS) is 15.2. The van der Waals surface area contributed by atoms with Crippen LogP contribution in [0, 0.1) is 6.92 Å². The van der Waals surface area contributed by atoms with E-state index in [1.54, 1.807) is 0 Å². The minimum atomic E-state index is -0.152. The summed E-state index contributed by atoms with van der Waals surface area (Å²) in [5.74, 6) is -0.285. The van der Waals surface area contributed by atoms with Crippen LogP contribution in [-0.2, 0) is 9.59 Å². The van der Waals surface area contributed by atoms with E-state index in [1.165, 1.54) is 18.2 Å². The Bertz CT molecular complexity index is 781. The number of fused-ring (bicyclic) bond motifs is 1. The van der Waals surface area contributed by atoms with Crippen molar-refractivity contribution in [1.82, 2.24) is 4.98 Å². The highest BCUT2D eigenvalue weighted by Gasteiger charge is 2.20. The molecule has 2 aromatic rings. The van der Waals surface area contributed by atoms with Crippen molar-refractivity contribution in [2.24, 2.45) is 0 Å². The molecule has 0 spiro atoms. The monoisotopic (exact) mass is 315 g/mol. The lowest BCUT2D eigenvalue weighted by Crippen LogP contribution is -2.07. The summed E-state index contributed by atoms with van der Waals surface area (Å²) < 4.78 is 0.965. The second-order valence-electron chi connectivity index (χ2n) is 4.47.